The summed E-state index contributed by atoms with van der Waals surface area (Å²) in [5.41, 5.74) is 1.52. The number of rotatable bonds is 3. The van der Waals surface area contributed by atoms with Crippen LogP contribution in [0.25, 0.3) is 11.0 Å². The smallest absolute Gasteiger partial charge is 0.413 e. The summed E-state index contributed by atoms with van der Waals surface area (Å²) in [4.78, 5) is 20.3. The van der Waals surface area contributed by atoms with Gasteiger partial charge in [0.05, 0.1) is 18.1 Å². The molecule has 1 aromatic heterocycles. The van der Waals surface area contributed by atoms with Gasteiger partial charge in [-0.2, -0.15) is 0 Å². The number of methoxy groups -OCH3 is 1. The van der Waals surface area contributed by atoms with E-state index in [0.717, 1.165) is 20.8 Å². The highest BCUT2D eigenvalue weighted by Gasteiger charge is 2.07. The molecule has 0 atom stereocenters. The molecule has 3 aromatic rings. The van der Waals surface area contributed by atoms with Crippen molar-refractivity contribution in [1.82, 2.24) is 9.97 Å². The Morgan fingerprint density at radius 2 is 1.95 bits per heavy atom. The van der Waals surface area contributed by atoms with Crippen LogP contribution >= 0.6 is 11.8 Å². The third kappa shape index (κ3) is 3.20. The van der Waals surface area contributed by atoms with Crippen molar-refractivity contribution in [3.63, 3.8) is 0 Å². The highest BCUT2D eigenvalue weighted by molar-refractivity contribution is 7.99. The largest absolute Gasteiger partial charge is 0.453 e. The number of halogens is 1. The number of aromatic amines is 1. The molecule has 1 amide bonds. The first-order valence-electron chi connectivity index (χ1n) is 6.42. The lowest BCUT2D eigenvalue weighted by atomic mass is 10.3. The molecule has 0 aliphatic carbocycles. The Hall–Kier alpha value is -2.54. The van der Waals surface area contributed by atoms with E-state index in [1.807, 2.05) is 18.2 Å². The summed E-state index contributed by atoms with van der Waals surface area (Å²) in [6.45, 7) is 0. The molecule has 0 aliphatic heterocycles. The number of imidazole rings is 1. The van der Waals surface area contributed by atoms with E-state index in [9.17, 15) is 9.18 Å². The first-order valence-corrected chi connectivity index (χ1v) is 7.24. The third-order valence-electron chi connectivity index (χ3n) is 2.91. The maximum Gasteiger partial charge on any atom is 0.413 e. The van der Waals surface area contributed by atoms with E-state index < -0.39 is 6.09 Å². The number of hydrogen-bond acceptors (Lipinski definition) is 4. The third-order valence-corrected chi connectivity index (χ3v) is 3.91. The van der Waals surface area contributed by atoms with E-state index in [0.29, 0.717) is 5.95 Å². The summed E-state index contributed by atoms with van der Waals surface area (Å²) in [6, 6.07) is 12.0. The molecular formula is C15H12FN3O2S. The maximum atomic E-state index is 12.9. The van der Waals surface area contributed by atoms with Gasteiger partial charge < -0.3 is 9.72 Å². The summed E-state index contributed by atoms with van der Waals surface area (Å²) >= 11 is 1.51. The van der Waals surface area contributed by atoms with Gasteiger partial charge in [-0.05, 0) is 42.5 Å². The van der Waals surface area contributed by atoms with Gasteiger partial charge in [-0.25, -0.2) is 14.2 Å². The van der Waals surface area contributed by atoms with Gasteiger partial charge in [0.15, 0.2) is 0 Å². The van der Waals surface area contributed by atoms with Crippen molar-refractivity contribution in [2.24, 2.45) is 0 Å². The highest BCUT2D eigenvalue weighted by atomic mass is 32.2. The van der Waals surface area contributed by atoms with Crippen LogP contribution in [0.3, 0.4) is 0 Å². The Labute approximate surface area is 129 Å². The maximum absolute atomic E-state index is 12.9. The van der Waals surface area contributed by atoms with Crippen LogP contribution in [-0.4, -0.2) is 23.2 Å². The summed E-state index contributed by atoms with van der Waals surface area (Å²) in [7, 11) is 1.29. The van der Waals surface area contributed by atoms with E-state index in [1.54, 1.807) is 12.1 Å². The fraction of sp³-hybridized carbons (Fsp3) is 0.0667. The number of fused-ring (bicyclic) bond motifs is 1. The second-order valence-corrected chi connectivity index (χ2v) is 5.58. The molecule has 3 rings (SSSR count). The monoisotopic (exact) mass is 317 g/mol. The minimum Gasteiger partial charge on any atom is -0.453 e. The van der Waals surface area contributed by atoms with E-state index in [2.05, 4.69) is 20.0 Å². The molecule has 5 nitrogen and oxygen atoms in total. The van der Waals surface area contributed by atoms with E-state index in [-0.39, 0.29) is 5.82 Å². The SMILES string of the molecule is COC(=O)Nc1nc2cc(Sc3ccc(F)cc3)ccc2[nH]1. The molecule has 0 bridgehead atoms. The lowest BCUT2D eigenvalue weighted by Gasteiger charge is -2.01. The predicted molar refractivity (Wildman–Crippen MR) is 82.6 cm³/mol. The number of carbonyl (C=O) groups excluding carboxylic acids is 1. The fourth-order valence-corrected chi connectivity index (χ4v) is 2.75. The van der Waals surface area contributed by atoms with Crippen molar-refractivity contribution >= 4 is 34.8 Å². The minimum absolute atomic E-state index is 0.259. The van der Waals surface area contributed by atoms with Crippen LogP contribution in [0.1, 0.15) is 0 Å². The average molecular weight is 317 g/mol. The number of nitrogens with one attached hydrogen (secondary N) is 2. The van der Waals surface area contributed by atoms with Crippen LogP contribution in [0.5, 0.6) is 0 Å². The van der Waals surface area contributed by atoms with Crippen molar-refractivity contribution in [3.05, 3.63) is 48.3 Å². The van der Waals surface area contributed by atoms with Crippen molar-refractivity contribution in [3.8, 4) is 0 Å². The molecule has 0 radical (unpaired) electrons. The molecule has 112 valence electrons. The fourth-order valence-electron chi connectivity index (χ4n) is 1.89. The molecule has 2 N–H and O–H groups in total. The van der Waals surface area contributed by atoms with Crippen LogP contribution in [0.15, 0.2) is 52.3 Å². The van der Waals surface area contributed by atoms with Crippen LogP contribution in [0, 0.1) is 5.82 Å². The second-order valence-electron chi connectivity index (χ2n) is 4.44. The second kappa shape index (κ2) is 6.07. The zero-order valence-electron chi connectivity index (χ0n) is 11.6. The Morgan fingerprint density at radius 1 is 1.23 bits per heavy atom. The van der Waals surface area contributed by atoms with Gasteiger partial charge in [-0.3, -0.25) is 5.32 Å². The number of H-pyrrole nitrogens is 1. The highest BCUT2D eigenvalue weighted by Crippen LogP contribution is 2.30. The van der Waals surface area contributed by atoms with E-state index >= 15 is 0 Å². The number of amides is 1. The molecule has 1 heterocycles. The van der Waals surface area contributed by atoms with Crippen molar-refractivity contribution in [1.29, 1.82) is 0 Å². The van der Waals surface area contributed by atoms with Gasteiger partial charge in [0.1, 0.15) is 5.82 Å². The van der Waals surface area contributed by atoms with Gasteiger partial charge in [0.2, 0.25) is 5.95 Å². The van der Waals surface area contributed by atoms with Crippen molar-refractivity contribution in [2.45, 2.75) is 9.79 Å². The molecule has 0 aliphatic rings. The summed E-state index contributed by atoms with van der Waals surface area (Å²) in [5.74, 6) is 0.0661. The molecule has 0 unspecified atom stereocenters. The Bertz CT molecular complexity index is 817. The molecular weight excluding hydrogens is 305 g/mol. The summed E-state index contributed by atoms with van der Waals surface area (Å²) < 4.78 is 17.4. The minimum atomic E-state index is -0.583. The number of hydrogen-bond donors (Lipinski definition) is 2. The Morgan fingerprint density at radius 3 is 2.68 bits per heavy atom. The predicted octanol–water partition coefficient (Wildman–Crippen LogP) is 4.03. The summed E-state index contributed by atoms with van der Waals surface area (Å²) in [6.07, 6.45) is -0.583. The van der Waals surface area contributed by atoms with Crippen LogP contribution in [0.2, 0.25) is 0 Å². The average Bonchev–Trinajstić information content (AvgIpc) is 2.91. The first-order chi connectivity index (χ1) is 10.6. The first kappa shape index (κ1) is 14.4. The lowest BCUT2D eigenvalue weighted by molar-refractivity contribution is 0.186. The van der Waals surface area contributed by atoms with Gasteiger partial charge in [-0.1, -0.05) is 11.8 Å². The zero-order chi connectivity index (χ0) is 15.5. The molecule has 0 fully saturated rings. The molecule has 0 saturated carbocycles. The van der Waals surface area contributed by atoms with Gasteiger partial charge in [0, 0.05) is 9.79 Å². The number of benzene rings is 2. The number of ether oxygens (including phenoxy) is 1. The lowest BCUT2D eigenvalue weighted by Crippen LogP contribution is -2.11. The molecule has 7 heteroatoms. The van der Waals surface area contributed by atoms with Crippen molar-refractivity contribution in [2.75, 3.05) is 12.4 Å². The molecule has 22 heavy (non-hydrogen) atoms. The topological polar surface area (TPSA) is 67.0 Å². The molecule has 0 saturated heterocycles. The van der Waals surface area contributed by atoms with E-state index in [1.165, 1.54) is 31.0 Å². The summed E-state index contributed by atoms with van der Waals surface area (Å²) in [5, 5.41) is 2.48. The quantitative estimate of drug-likeness (QED) is 0.765. The van der Waals surface area contributed by atoms with Gasteiger partial charge in [0.25, 0.3) is 0 Å². The standard InChI is InChI=1S/C15H12FN3O2S/c1-21-15(20)19-14-17-12-7-6-11(8-13(12)18-14)22-10-4-2-9(16)3-5-10/h2-8H,1H3,(H2,17,18,19,20). The van der Waals surface area contributed by atoms with Gasteiger partial charge in [-0.15, -0.1) is 0 Å². The van der Waals surface area contributed by atoms with Gasteiger partial charge >= 0.3 is 6.09 Å². The van der Waals surface area contributed by atoms with Crippen molar-refractivity contribution < 1.29 is 13.9 Å². The van der Waals surface area contributed by atoms with Crippen LogP contribution in [0.4, 0.5) is 15.1 Å². The number of anilines is 1. The van der Waals surface area contributed by atoms with Crippen LogP contribution < -0.4 is 5.32 Å². The Kier molecular flexibility index (Phi) is 3.97. The molecule has 2 aromatic carbocycles. The number of aromatic nitrogens is 2. The number of nitrogens with zero attached hydrogens (tertiary/aromatic N) is 1. The number of carbonyl (C=O) groups is 1. The molecule has 0 spiro atoms. The Balaban J connectivity index is 1.83. The van der Waals surface area contributed by atoms with E-state index in [4.69, 9.17) is 0 Å². The normalized spacial score (nSPS) is 10.6. The van der Waals surface area contributed by atoms with Crippen LogP contribution in [-0.2, 0) is 4.74 Å². The zero-order valence-corrected chi connectivity index (χ0v) is 12.4.